The zero-order chi connectivity index (χ0) is 10.6. The Bertz CT molecular complexity index is 197. The van der Waals surface area contributed by atoms with E-state index in [1.165, 1.54) is 0 Å². The first-order valence-corrected chi connectivity index (χ1v) is 4.58. The molecule has 5 nitrogen and oxygen atoms in total. The van der Waals surface area contributed by atoms with E-state index >= 15 is 0 Å². The number of carbonyl (C=O) groups excluding carboxylic acids is 2. The topological polar surface area (TPSA) is 72.8 Å². The molecule has 0 aromatic heterocycles. The van der Waals surface area contributed by atoms with Gasteiger partial charge in [0.15, 0.2) is 25.0 Å². The van der Waals surface area contributed by atoms with Crippen molar-refractivity contribution >= 4 is 12.6 Å². The van der Waals surface area contributed by atoms with Crippen molar-refractivity contribution in [2.24, 2.45) is 5.92 Å². The molecular formula is C9H14O5. The number of ether oxygens (including phenoxy) is 2. The second-order valence-corrected chi connectivity index (χ2v) is 3.21. The summed E-state index contributed by atoms with van der Waals surface area (Å²) in [5.41, 5.74) is 0. The molecule has 3 unspecified atom stereocenters. The van der Waals surface area contributed by atoms with Gasteiger partial charge in [-0.3, -0.25) is 9.59 Å². The summed E-state index contributed by atoms with van der Waals surface area (Å²) in [6.07, 6.45) is -0.743. The zero-order valence-electron chi connectivity index (χ0n) is 7.96. The highest BCUT2D eigenvalue weighted by Crippen LogP contribution is 2.25. The summed E-state index contributed by atoms with van der Waals surface area (Å²) in [5.74, 6) is -0.169. The summed E-state index contributed by atoms with van der Waals surface area (Å²) >= 11 is 0. The van der Waals surface area contributed by atoms with Crippen LogP contribution in [0.25, 0.3) is 0 Å². The molecule has 1 saturated heterocycles. The minimum Gasteiger partial charge on any atom is -0.368 e. The first kappa shape index (κ1) is 11.3. The van der Waals surface area contributed by atoms with E-state index in [2.05, 4.69) is 0 Å². The summed E-state index contributed by atoms with van der Waals surface area (Å²) in [5, 5.41) is 9.34. The fourth-order valence-electron chi connectivity index (χ4n) is 1.53. The third-order valence-corrected chi connectivity index (χ3v) is 2.35. The molecule has 1 heterocycles. The lowest BCUT2D eigenvalue weighted by Crippen LogP contribution is -2.31. The Balaban J connectivity index is 2.51. The summed E-state index contributed by atoms with van der Waals surface area (Å²) in [6, 6.07) is 0. The predicted octanol–water partition coefficient (Wildman–Crippen LogP) is -0.487. The smallest absolute Gasteiger partial charge is 0.168 e. The average molecular weight is 202 g/mol. The molecule has 0 radical (unpaired) electrons. The minimum absolute atomic E-state index is 0.169. The summed E-state index contributed by atoms with van der Waals surface area (Å²) in [6.45, 7) is 2.10. The summed E-state index contributed by atoms with van der Waals surface area (Å²) in [7, 11) is 0. The van der Waals surface area contributed by atoms with Crippen LogP contribution in [0, 0.1) is 5.92 Å². The van der Waals surface area contributed by atoms with E-state index in [1.807, 2.05) is 6.92 Å². The van der Waals surface area contributed by atoms with Crippen molar-refractivity contribution in [1.82, 2.24) is 0 Å². The number of hydrogen-bond donors (Lipinski definition) is 1. The Kier molecular flexibility index (Phi) is 4.19. The Morgan fingerprint density at radius 2 is 2.21 bits per heavy atom. The van der Waals surface area contributed by atoms with Crippen LogP contribution in [0.15, 0.2) is 0 Å². The van der Waals surface area contributed by atoms with Gasteiger partial charge in [0, 0.05) is 5.92 Å². The van der Waals surface area contributed by atoms with Crippen LogP contribution in [-0.4, -0.2) is 42.8 Å². The molecule has 1 N–H and O–H groups in total. The average Bonchev–Trinajstić information content (AvgIpc) is 2.55. The van der Waals surface area contributed by atoms with Gasteiger partial charge in [-0.25, -0.2) is 0 Å². The van der Waals surface area contributed by atoms with E-state index in [0.717, 1.165) is 0 Å². The third kappa shape index (κ3) is 2.37. The standard InChI is InChI=1S/C9H14O5/c1-2-7-8(5-13-9(7)12)14-6(3-10)4-11/h3-4,6-9,12H,2,5H2,1H3. The van der Waals surface area contributed by atoms with E-state index < -0.39 is 12.4 Å². The van der Waals surface area contributed by atoms with Gasteiger partial charge in [-0.2, -0.15) is 0 Å². The number of hydrogen-bond acceptors (Lipinski definition) is 5. The maximum atomic E-state index is 10.3. The van der Waals surface area contributed by atoms with Crippen LogP contribution in [0.3, 0.4) is 0 Å². The molecule has 80 valence electrons. The SMILES string of the molecule is CCC1C(O)OCC1OC(C=O)C=O. The predicted molar refractivity (Wildman–Crippen MR) is 46.5 cm³/mol. The van der Waals surface area contributed by atoms with Gasteiger partial charge in [-0.15, -0.1) is 0 Å². The molecule has 0 saturated carbocycles. The van der Waals surface area contributed by atoms with Gasteiger partial charge in [-0.1, -0.05) is 6.92 Å². The molecule has 0 bridgehead atoms. The van der Waals surface area contributed by atoms with Gasteiger partial charge >= 0.3 is 0 Å². The van der Waals surface area contributed by atoms with Crippen molar-refractivity contribution in [3.05, 3.63) is 0 Å². The third-order valence-electron chi connectivity index (χ3n) is 2.35. The Morgan fingerprint density at radius 1 is 1.57 bits per heavy atom. The molecule has 1 rings (SSSR count). The lowest BCUT2D eigenvalue weighted by Gasteiger charge is -2.19. The highest BCUT2D eigenvalue weighted by atomic mass is 16.6. The molecule has 0 amide bonds. The highest BCUT2D eigenvalue weighted by molar-refractivity contribution is 5.80. The van der Waals surface area contributed by atoms with E-state index in [-0.39, 0.29) is 18.6 Å². The summed E-state index contributed by atoms with van der Waals surface area (Å²) < 4.78 is 10.1. The molecular weight excluding hydrogens is 188 g/mol. The molecule has 3 atom stereocenters. The normalized spacial score (nSPS) is 32.1. The Morgan fingerprint density at radius 3 is 2.71 bits per heavy atom. The van der Waals surface area contributed by atoms with E-state index in [1.54, 1.807) is 0 Å². The van der Waals surface area contributed by atoms with Gasteiger partial charge < -0.3 is 14.6 Å². The lowest BCUT2D eigenvalue weighted by molar-refractivity contribution is -0.134. The van der Waals surface area contributed by atoms with Gasteiger partial charge in [-0.05, 0) is 6.42 Å². The molecule has 1 aliphatic heterocycles. The molecule has 0 aromatic carbocycles. The lowest BCUT2D eigenvalue weighted by atomic mass is 10.0. The first-order valence-electron chi connectivity index (χ1n) is 4.58. The quantitative estimate of drug-likeness (QED) is 0.481. The number of rotatable bonds is 5. The molecule has 0 spiro atoms. The largest absolute Gasteiger partial charge is 0.368 e. The van der Waals surface area contributed by atoms with E-state index in [4.69, 9.17) is 9.47 Å². The second kappa shape index (κ2) is 5.19. The van der Waals surface area contributed by atoms with Gasteiger partial charge in [0.25, 0.3) is 0 Å². The number of aldehydes is 2. The molecule has 14 heavy (non-hydrogen) atoms. The summed E-state index contributed by atoms with van der Waals surface area (Å²) in [4.78, 5) is 20.7. The molecule has 0 aliphatic carbocycles. The first-order chi connectivity index (χ1) is 6.72. The monoisotopic (exact) mass is 202 g/mol. The van der Waals surface area contributed by atoms with Crippen LogP contribution >= 0.6 is 0 Å². The number of aliphatic hydroxyl groups is 1. The van der Waals surface area contributed by atoms with Crippen molar-refractivity contribution in [3.8, 4) is 0 Å². The van der Waals surface area contributed by atoms with E-state index in [9.17, 15) is 14.7 Å². The fraction of sp³-hybridized carbons (Fsp3) is 0.778. The van der Waals surface area contributed by atoms with E-state index in [0.29, 0.717) is 19.0 Å². The van der Waals surface area contributed by atoms with Crippen LogP contribution in [0.5, 0.6) is 0 Å². The van der Waals surface area contributed by atoms with Crippen molar-refractivity contribution in [1.29, 1.82) is 0 Å². The highest BCUT2D eigenvalue weighted by Gasteiger charge is 2.36. The Hall–Kier alpha value is -0.780. The zero-order valence-corrected chi connectivity index (χ0v) is 7.96. The van der Waals surface area contributed by atoms with Crippen LogP contribution < -0.4 is 0 Å². The number of carbonyl (C=O) groups is 2. The molecule has 5 heteroatoms. The minimum atomic E-state index is -1.05. The van der Waals surface area contributed by atoms with Crippen molar-refractivity contribution in [2.75, 3.05) is 6.61 Å². The van der Waals surface area contributed by atoms with Gasteiger partial charge in [0.1, 0.15) is 0 Å². The van der Waals surface area contributed by atoms with Crippen LogP contribution in [0.2, 0.25) is 0 Å². The van der Waals surface area contributed by atoms with Crippen LogP contribution in [-0.2, 0) is 19.1 Å². The van der Waals surface area contributed by atoms with Crippen LogP contribution in [0.1, 0.15) is 13.3 Å². The molecule has 1 fully saturated rings. The molecule has 0 aromatic rings. The number of aliphatic hydroxyl groups excluding tert-OH is 1. The Labute approximate surface area is 82.0 Å². The second-order valence-electron chi connectivity index (χ2n) is 3.21. The van der Waals surface area contributed by atoms with Crippen molar-refractivity contribution in [2.45, 2.75) is 31.8 Å². The van der Waals surface area contributed by atoms with Crippen LogP contribution in [0.4, 0.5) is 0 Å². The fourth-order valence-corrected chi connectivity index (χ4v) is 1.53. The van der Waals surface area contributed by atoms with Gasteiger partial charge in [0.05, 0.1) is 12.7 Å². The van der Waals surface area contributed by atoms with Crippen molar-refractivity contribution in [3.63, 3.8) is 0 Å². The van der Waals surface area contributed by atoms with Gasteiger partial charge in [0.2, 0.25) is 0 Å². The maximum absolute atomic E-state index is 10.3. The molecule has 1 aliphatic rings. The van der Waals surface area contributed by atoms with Crippen molar-refractivity contribution < 1.29 is 24.2 Å². The maximum Gasteiger partial charge on any atom is 0.168 e.